The molecule has 1 heterocycles. The number of benzene rings is 1. The van der Waals surface area contributed by atoms with Crippen molar-refractivity contribution in [2.75, 3.05) is 6.61 Å². The first-order chi connectivity index (χ1) is 10.4. The predicted molar refractivity (Wildman–Crippen MR) is 88.3 cm³/mol. The van der Waals surface area contributed by atoms with Crippen LogP contribution in [-0.4, -0.2) is 22.9 Å². The van der Waals surface area contributed by atoms with Crippen LogP contribution in [0.1, 0.15) is 27.7 Å². The second-order valence-corrected chi connectivity index (χ2v) is 6.28. The monoisotopic (exact) mass is 340 g/mol. The van der Waals surface area contributed by atoms with Gasteiger partial charge in [-0.2, -0.15) is 0 Å². The predicted octanol–water partition coefficient (Wildman–Crippen LogP) is 2.90. The van der Waals surface area contributed by atoms with Gasteiger partial charge in [-0.3, -0.25) is 14.0 Å². The summed E-state index contributed by atoms with van der Waals surface area (Å²) in [5.41, 5.74) is 1.65. The van der Waals surface area contributed by atoms with Gasteiger partial charge in [0, 0.05) is 0 Å². The number of aromatic nitrogens is 1. The van der Waals surface area contributed by atoms with E-state index < -0.39 is 5.56 Å². The normalized spacial score (nSPS) is 12.0. The minimum absolute atomic E-state index is 0.0784. The van der Waals surface area contributed by atoms with E-state index in [-0.39, 0.29) is 21.8 Å². The van der Waals surface area contributed by atoms with Crippen molar-refractivity contribution >= 4 is 29.0 Å². The number of nitrogens with one attached hydrogen (secondary N) is 2. The number of hydrogen-bond donors (Lipinski definition) is 2. The molecule has 7 heteroatoms. The molecule has 22 heavy (non-hydrogen) atoms. The van der Waals surface area contributed by atoms with E-state index >= 15 is 0 Å². The van der Waals surface area contributed by atoms with E-state index in [1.54, 1.807) is 0 Å². The topological polar surface area (TPSA) is 71.2 Å². The van der Waals surface area contributed by atoms with Crippen molar-refractivity contribution in [3.63, 3.8) is 0 Å². The molecule has 0 saturated heterocycles. The molecule has 0 radical (unpaired) electrons. The lowest BCUT2D eigenvalue weighted by Gasteiger charge is -2.17. The number of aromatic amines is 1. The largest absolute Gasteiger partial charge is 0.491 e. The Labute approximate surface area is 137 Å². The molecule has 0 aliphatic rings. The Morgan fingerprint density at radius 1 is 1.41 bits per heavy atom. The molecule has 0 aliphatic heterocycles. The lowest BCUT2D eigenvalue weighted by atomic mass is 10.1. The van der Waals surface area contributed by atoms with E-state index in [0.29, 0.717) is 6.61 Å². The second-order valence-electron chi connectivity index (χ2n) is 5.08. The fourth-order valence-electron chi connectivity index (χ4n) is 2.00. The first kappa shape index (κ1) is 16.6. The van der Waals surface area contributed by atoms with Crippen LogP contribution < -0.4 is 15.6 Å². The van der Waals surface area contributed by atoms with Gasteiger partial charge < -0.3 is 10.1 Å². The number of carbonyl (C=O) groups excluding carboxylic acids is 1. The Balaban J connectivity index is 1.96. The molecule has 2 aromatic rings. The summed E-state index contributed by atoms with van der Waals surface area (Å²) in [6, 6.07) is 5.70. The average Bonchev–Trinajstić information content (AvgIpc) is 2.78. The van der Waals surface area contributed by atoms with Crippen LogP contribution in [0.3, 0.4) is 0 Å². The molecule has 0 bridgehead atoms. The maximum Gasteiger partial charge on any atom is 0.277 e. The summed E-state index contributed by atoms with van der Waals surface area (Å²) in [4.78, 5) is 23.5. The van der Waals surface area contributed by atoms with Crippen molar-refractivity contribution in [1.29, 1.82) is 0 Å². The van der Waals surface area contributed by atoms with Gasteiger partial charge in [0.1, 0.15) is 22.3 Å². The van der Waals surface area contributed by atoms with E-state index in [2.05, 4.69) is 9.69 Å². The smallest absolute Gasteiger partial charge is 0.277 e. The summed E-state index contributed by atoms with van der Waals surface area (Å²) in [5.74, 6) is 0.443. The van der Waals surface area contributed by atoms with Crippen LogP contribution in [-0.2, 0) is 0 Å². The molecular formula is C15H17ClN2O3S. The van der Waals surface area contributed by atoms with Crippen LogP contribution in [0.5, 0.6) is 5.75 Å². The highest BCUT2D eigenvalue weighted by Crippen LogP contribution is 2.22. The van der Waals surface area contributed by atoms with Gasteiger partial charge in [0.2, 0.25) is 0 Å². The molecule has 0 spiro atoms. The summed E-state index contributed by atoms with van der Waals surface area (Å²) in [7, 11) is 0. The molecule has 1 amide bonds. The van der Waals surface area contributed by atoms with Crippen molar-refractivity contribution in [1.82, 2.24) is 9.69 Å². The number of carbonyl (C=O) groups is 1. The Bertz CT molecular complexity index is 718. The van der Waals surface area contributed by atoms with E-state index in [1.807, 2.05) is 39.0 Å². The third-order valence-corrected chi connectivity index (χ3v) is 4.47. The zero-order valence-electron chi connectivity index (χ0n) is 12.5. The average molecular weight is 341 g/mol. The van der Waals surface area contributed by atoms with Crippen molar-refractivity contribution in [2.24, 2.45) is 0 Å². The van der Waals surface area contributed by atoms with E-state index in [0.717, 1.165) is 28.4 Å². The molecular weight excluding hydrogens is 324 g/mol. The van der Waals surface area contributed by atoms with Crippen molar-refractivity contribution in [3.05, 3.63) is 49.6 Å². The quantitative estimate of drug-likeness (QED) is 0.879. The summed E-state index contributed by atoms with van der Waals surface area (Å²) in [5, 5.41) is 2.68. The molecule has 2 rings (SSSR count). The Morgan fingerprint density at radius 3 is 2.59 bits per heavy atom. The number of aryl methyl sites for hydroxylation is 2. The third-order valence-electron chi connectivity index (χ3n) is 3.11. The number of halogens is 1. The van der Waals surface area contributed by atoms with Crippen molar-refractivity contribution in [3.8, 4) is 5.75 Å². The van der Waals surface area contributed by atoms with Crippen molar-refractivity contribution < 1.29 is 9.53 Å². The molecule has 0 fully saturated rings. The highest BCUT2D eigenvalue weighted by atomic mass is 35.5. The van der Waals surface area contributed by atoms with Gasteiger partial charge in [-0.1, -0.05) is 41.3 Å². The van der Waals surface area contributed by atoms with Gasteiger partial charge in [0.25, 0.3) is 11.5 Å². The van der Waals surface area contributed by atoms with Gasteiger partial charge >= 0.3 is 0 Å². The summed E-state index contributed by atoms with van der Waals surface area (Å²) >= 11 is 6.70. The summed E-state index contributed by atoms with van der Waals surface area (Å²) in [6.07, 6.45) is 0. The van der Waals surface area contributed by atoms with Crippen LogP contribution in [0.4, 0.5) is 0 Å². The van der Waals surface area contributed by atoms with Gasteiger partial charge in [0.15, 0.2) is 0 Å². The lowest BCUT2D eigenvalue weighted by Crippen LogP contribution is -2.36. The molecule has 118 valence electrons. The number of para-hydroxylation sites is 1. The maximum atomic E-state index is 12.0. The van der Waals surface area contributed by atoms with Crippen LogP contribution in [0, 0.1) is 13.8 Å². The van der Waals surface area contributed by atoms with Crippen LogP contribution in [0.15, 0.2) is 23.0 Å². The van der Waals surface area contributed by atoms with Gasteiger partial charge in [0.05, 0.1) is 6.04 Å². The fraction of sp³-hybridized carbons (Fsp3) is 0.333. The van der Waals surface area contributed by atoms with Crippen LogP contribution in [0.25, 0.3) is 0 Å². The minimum Gasteiger partial charge on any atom is -0.491 e. The van der Waals surface area contributed by atoms with E-state index in [1.165, 1.54) is 0 Å². The number of rotatable bonds is 5. The van der Waals surface area contributed by atoms with Crippen LogP contribution >= 0.6 is 23.1 Å². The number of hydrogen-bond acceptors (Lipinski definition) is 4. The molecule has 0 saturated carbocycles. The van der Waals surface area contributed by atoms with E-state index in [4.69, 9.17) is 16.3 Å². The standard InChI is InChI=1S/C15H17ClN2O3S/c1-8-5-4-6-9(2)12(8)21-7-10(3)17-15(20)13-11(16)14(19)18-22-13/h4-6,10H,7H2,1-3H3,(H,17,20)(H,18,19)/t10-/m0/s1. The highest BCUT2D eigenvalue weighted by molar-refractivity contribution is 7.08. The first-order valence-electron chi connectivity index (χ1n) is 6.77. The van der Waals surface area contributed by atoms with Crippen LogP contribution in [0.2, 0.25) is 5.02 Å². The Hall–Kier alpha value is -1.79. The van der Waals surface area contributed by atoms with Crippen molar-refractivity contribution in [2.45, 2.75) is 26.8 Å². The summed E-state index contributed by atoms with van der Waals surface area (Å²) < 4.78 is 8.21. The molecule has 1 atom stereocenters. The zero-order chi connectivity index (χ0) is 16.3. The molecule has 1 aromatic carbocycles. The fourth-order valence-corrected chi connectivity index (χ4v) is 2.94. The Morgan fingerprint density at radius 2 is 2.05 bits per heavy atom. The molecule has 5 nitrogen and oxygen atoms in total. The number of ether oxygens (including phenoxy) is 1. The zero-order valence-corrected chi connectivity index (χ0v) is 14.1. The summed E-state index contributed by atoms with van der Waals surface area (Å²) in [6.45, 7) is 6.11. The van der Waals surface area contributed by atoms with Gasteiger partial charge in [-0.15, -0.1) is 0 Å². The highest BCUT2D eigenvalue weighted by Gasteiger charge is 2.18. The second kappa shape index (κ2) is 6.98. The number of H-pyrrole nitrogens is 1. The van der Waals surface area contributed by atoms with Gasteiger partial charge in [-0.25, -0.2) is 0 Å². The van der Waals surface area contributed by atoms with E-state index in [9.17, 15) is 9.59 Å². The molecule has 1 aromatic heterocycles. The SMILES string of the molecule is Cc1cccc(C)c1OC[C@H](C)NC(=O)c1s[nH]c(=O)c1Cl. The maximum absolute atomic E-state index is 12.0. The van der Waals surface area contributed by atoms with Gasteiger partial charge in [-0.05, 0) is 31.9 Å². The third kappa shape index (κ3) is 3.69. The molecule has 0 unspecified atom stereocenters. The first-order valence-corrected chi connectivity index (χ1v) is 7.96. The Kier molecular flexibility index (Phi) is 5.26. The lowest BCUT2D eigenvalue weighted by molar-refractivity contribution is 0.0930. The number of amides is 1. The molecule has 2 N–H and O–H groups in total. The minimum atomic E-state index is -0.448. The molecule has 0 aliphatic carbocycles.